The van der Waals surface area contributed by atoms with Crippen molar-refractivity contribution < 1.29 is 9.53 Å². The Kier molecular flexibility index (Phi) is 6.78. The number of nitrogens with two attached hydrogens (primary N) is 1. The number of thioether (sulfide) groups is 1. The first kappa shape index (κ1) is 21.9. The summed E-state index contributed by atoms with van der Waals surface area (Å²) in [4.78, 5) is 11.3. The summed E-state index contributed by atoms with van der Waals surface area (Å²) in [6.45, 7) is 2.04. The van der Waals surface area contributed by atoms with Gasteiger partial charge in [0.25, 0.3) is 0 Å². The van der Waals surface area contributed by atoms with Gasteiger partial charge in [0.1, 0.15) is 11.7 Å². The summed E-state index contributed by atoms with van der Waals surface area (Å²) in [7, 11) is 0. The zero-order valence-corrected chi connectivity index (χ0v) is 18.9. The average molecular weight is 465 g/mol. The maximum absolute atomic E-state index is 11.3. The highest BCUT2D eigenvalue weighted by Crippen LogP contribution is 2.30. The van der Waals surface area contributed by atoms with Gasteiger partial charge in [-0.2, -0.15) is 0 Å². The molecule has 1 amide bonds. The molecule has 0 aliphatic heterocycles. The molecule has 6 nitrogen and oxygen atoms in total. The van der Waals surface area contributed by atoms with Crippen LogP contribution in [0.3, 0.4) is 0 Å². The molecule has 4 aromatic rings. The number of primary amides is 1. The van der Waals surface area contributed by atoms with Gasteiger partial charge in [-0.25, -0.2) is 0 Å². The molecule has 2 N–H and O–H groups in total. The van der Waals surface area contributed by atoms with Gasteiger partial charge in [-0.05, 0) is 66.7 Å². The first-order valence-corrected chi connectivity index (χ1v) is 11.3. The Hall–Kier alpha value is -3.29. The van der Waals surface area contributed by atoms with Gasteiger partial charge >= 0.3 is 0 Å². The van der Waals surface area contributed by atoms with Crippen LogP contribution in [0, 0.1) is 6.92 Å². The van der Waals surface area contributed by atoms with Crippen LogP contribution in [0.5, 0.6) is 5.75 Å². The molecule has 0 aliphatic carbocycles. The standard InChI is InChI=1S/C24H21ClN4O2S/c1-16-5-4-7-20(13-16)29-23(17-9-11-19(25)12-10-17)27-28-24(29)32-15-31-21-8-3-2-6-18(21)14-22(26)30/h2-13H,14-15H2,1H3,(H2,26,30). The van der Waals surface area contributed by atoms with Gasteiger partial charge in [-0.15, -0.1) is 10.2 Å². The number of aromatic nitrogens is 3. The summed E-state index contributed by atoms with van der Waals surface area (Å²) in [6, 6.07) is 23.0. The van der Waals surface area contributed by atoms with Gasteiger partial charge in [0.15, 0.2) is 11.0 Å². The lowest BCUT2D eigenvalue weighted by atomic mass is 10.1. The topological polar surface area (TPSA) is 83.0 Å². The Labute approximate surface area is 195 Å². The predicted octanol–water partition coefficient (Wildman–Crippen LogP) is 5.05. The number of carbonyl (C=O) groups excluding carboxylic acids is 1. The normalized spacial score (nSPS) is 10.8. The Bertz CT molecular complexity index is 1240. The van der Waals surface area contributed by atoms with Crippen LogP contribution in [0.15, 0.2) is 78.0 Å². The number of benzene rings is 3. The van der Waals surface area contributed by atoms with Crippen LogP contribution in [0.1, 0.15) is 11.1 Å². The molecule has 0 unspecified atom stereocenters. The highest BCUT2D eigenvalue weighted by atomic mass is 35.5. The van der Waals surface area contributed by atoms with Gasteiger partial charge in [-0.1, -0.05) is 41.9 Å². The number of rotatable bonds is 8. The van der Waals surface area contributed by atoms with Crippen molar-refractivity contribution in [1.82, 2.24) is 14.8 Å². The lowest BCUT2D eigenvalue weighted by Gasteiger charge is -2.13. The van der Waals surface area contributed by atoms with E-state index in [1.165, 1.54) is 11.8 Å². The van der Waals surface area contributed by atoms with Gasteiger partial charge in [-0.3, -0.25) is 9.36 Å². The van der Waals surface area contributed by atoms with Crippen molar-refractivity contribution in [3.05, 3.63) is 88.9 Å². The Morgan fingerprint density at radius 1 is 1.06 bits per heavy atom. The number of hydrogen-bond donors (Lipinski definition) is 1. The molecule has 8 heteroatoms. The van der Waals surface area contributed by atoms with Crippen LogP contribution in [0.2, 0.25) is 5.02 Å². The maximum Gasteiger partial charge on any atom is 0.221 e. The summed E-state index contributed by atoms with van der Waals surface area (Å²) in [5.74, 6) is 1.23. The van der Waals surface area contributed by atoms with E-state index in [4.69, 9.17) is 22.1 Å². The molecule has 0 bridgehead atoms. The molecule has 32 heavy (non-hydrogen) atoms. The monoisotopic (exact) mass is 464 g/mol. The Morgan fingerprint density at radius 2 is 1.84 bits per heavy atom. The molecular weight excluding hydrogens is 444 g/mol. The van der Waals surface area contributed by atoms with Crippen molar-refractivity contribution >= 4 is 29.3 Å². The quantitative estimate of drug-likeness (QED) is 0.291. The number of halogens is 1. The van der Waals surface area contributed by atoms with E-state index < -0.39 is 5.91 Å². The molecule has 0 aliphatic rings. The van der Waals surface area contributed by atoms with Crippen molar-refractivity contribution in [2.24, 2.45) is 5.73 Å². The van der Waals surface area contributed by atoms with E-state index >= 15 is 0 Å². The second-order valence-electron chi connectivity index (χ2n) is 7.14. The molecule has 3 aromatic carbocycles. The van der Waals surface area contributed by atoms with Gasteiger partial charge in [0, 0.05) is 21.8 Å². The number of ether oxygens (including phenoxy) is 1. The summed E-state index contributed by atoms with van der Waals surface area (Å²) in [6.07, 6.45) is 0.126. The zero-order valence-electron chi connectivity index (χ0n) is 17.4. The fourth-order valence-corrected chi connectivity index (χ4v) is 4.11. The molecule has 0 saturated carbocycles. The molecule has 0 saturated heterocycles. The third-order valence-electron chi connectivity index (χ3n) is 4.74. The molecular formula is C24H21ClN4O2S. The SMILES string of the molecule is Cc1cccc(-n2c(SCOc3ccccc3CC(N)=O)nnc2-c2ccc(Cl)cc2)c1. The lowest BCUT2D eigenvalue weighted by Crippen LogP contribution is -2.14. The van der Waals surface area contributed by atoms with Crippen molar-refractivity contribution in [1.29, 1.82) is 0 Å². The van der Waals surface area contributed by atoms with E-state index in [2.05, 4.69) is 16.3 Å². The van der Waals surface area contributed by atoms with E-state index in [-0.39, 0.29) is 6.42 Å². The molecule has 0 radical (unpaired) electrons. The predicted molar refractivity (Wildman–Crippen MR) is 127 cm³/mol. The molecule has 4 rings (SSSR count). The molecule has 1 aromatic heterocycles. The largest absolute Gasteiger partial charge is 0.482 e. The number of para-hydroxylation sites is 1. The summed E-state index contributed by atoms with van der Waals surface area (Å²) in [5.41, 5.74) is 9.09. The Balaban J connectivity index is 1.62. The van der Waals surface area contributed by atoms with E-state index in [0.717, 1.165) is 22.4 Å². The molecule has 0 atom stereocenters. The average Bonchev–Trinajstić information content (AvgIpc) is 3.19. The third-order valence-corrected chi connectivity index (χ3v) is 5.75. The number of aryl methyl sites for hydroxylation is 1. The lowest BCUT2D eigenvalue weighted by molar-refractivity contribution is -0.117. The third kappa shape index (κ3) is 5.12. The highest BCUT2D eigenvalue weighted by molar-refractivity contribution is 7.99. The highest BCUT2D eigenvalue weighted by Gasteiger charge is 2.17. The minimum absolute atomic E-state index is 0.126. The molecule has 162 valence electrons. The van der Waals surface area contributed by atoms with Gasteiger partial charge in [0.2, 0.25) is 5.91 Å². The van der Waals surface area contributed by atoms with Crippen LogP contribution in [-0.2, 0) is 11.2 Å². The summed E-state index contributed by atoms with van der Waals surface area (Å²) >= 11 is 7.47. The van der Waals surface area contributed by atoms with Crippen LogP contribution in [0.25, 0.3) is 17.1 Å². The second-order valence-corrected chi connectivity index (χ2v) is 8.47. The fourth-order valence-electron chi connectivity index (χ4n) is 3.27. The number of amides is 1. The van der Waals surface area contributed by atoms with Gasteiger partial charge < -0.3 is 10.5 Å². The van der Waals surface area contributed by atoms with Crippen LogP contribution in [0.4, 0.5) is 0 Å². The first-order chi connectivity index (χ1) is 15.5. The maximum atomic E-state index is 11.3. The van der Waals surface area contributed by atoms with Crippen molar-refractivity contribution in [2.45, 2.75) is 18.5 Å². The van der Waals surface area contributed by atoms with E-state index in [9.17, 15) is 4.79 Å². The molecule has 0 spiro atoms. The first-order valence-electron chi connectivity index (χ1n) is 9.91. The number of carbonyl (C=O) groups is 1. The Morgan fingerprint density at radius 3 is 2.59 bits per heavy atom. The van der Waals surface area contributed by atoms with E-state index in [1.807, 2.05) is 78.2 Å². The van der Waals surface area contributed by atoms with Crippen molar-refractivity contribution in [2.75, 3.05) is 5.94 Å². The van der Waals surface area contributed by atoms with E-state index in [0.29, 0.717) is 27.7 Å². The molecule has 1 heterocycles. The summed E-state index contributed by atoms with van der Waals surface area (Å²) in [5, 5.41) is 10.2. The van der Waals surface area contributed by atoms with Crippen molar-refractivity contribution in [3.63, 3.8) is 0 Å². The minimum atomic E-state index is -0.402. The molecule has 0 fully saturated rings. The van der Waals surface area contributed by atoms with Crippen molar-refractivity contribution in [3.8, 4) is 22.8 Å². The van der Waals surface area contributed by atoms with Crippen LogP contribution < -0.4 is 10.5 Å². The second kappa shape index (κ2) is 9.89. The summed E-state index contributed by atoms with van der Waals surface area (Å²) < 4.78 is 7.94. The van der Waals surface area contributed by atoms with Gasteiger partial charge in [0.05, 0.1) is 6.42 Å². The van der Waals surface area contributed by atoms with Crippen LogP contribution >= 0.6 is 23.4 Å². The number of nitrogens with zero attached hydrogens (tertiary/aromatic N) is 3. The fraction of sp³-hybridized carbons (Fsp3) is 0.125. The zero-order chi connectivity index (χ0) is 22.5. The van der Waals surface area contributed by atoms with Crippen LogP contribution in [-0.4, -0.2) is 26.6 Å². The van der Waals surface area contributed by atoms with E-state index in [1.54, 1.807) is 0 Å². The minimum Gasteiger partial charge on any atom is -0.482 e. The smallest absolute Gasteiger partial charge is 0.221 e. The number of hydrogen-bond acceptors (Lipinski definition) is 5.